The van der Waals surface area contributed by atoms with Crippen molar-refractivity contribution in [3.05, 3.63) is 12.2 Å². The summed E-state index contributed by atoms with van der Waals surface area (Å²) in [6.45, 7) is 6.61. The lowest BCUT2D eigenvalue weighted by Gasteiger charge is -2.18. The summed E-state index contributed by atoms with van der Waals surface area (Å²) in [7, 11) is 0. The van der Waals surface area contributed by atoms with Crippen LogP contribution >= 0.6 is 0 Å². The molecule has 6 nitrogen and oxygen atoms in total. The fourth-order valence-corrected chi connectivity index (χ4v) is 6.91. The zero-order chi connectivity index (χ0) is 39.4. The molecule has 0 aromatic carbocycles. The molecule has 318 valence electrons. The smallest absolute Gasteiger partial charge is 0.306 e. The van der Waals surface area contributed by atoms with Gasteiger partial charge in [0, 0.05) is 19.3 Å². The van der Waals surface area contributed by atoms with Crippen LogP contribution < -0.4 is 0 Å². The first-order chi connectivity index (χ1) is 26.5. The molecule has 0 aliphatic rings. The highest BCUT2D eigenvalue weighted by molar-refractivity contribution is 5.71. The van der Waals surface area contributed by atoms with Gasteiger partial charge in [0.25, 0.3) is 0 Å². The van der Waals surface area contributed by atoms with Gasteiger partial charge in [0.05, 0.1) is 0 Å². The summed E-state index contributed by atoms with van der Waals surface area (Å²) in [5.41, 5.74) is 0. The van der Waals surface area contributed by atoms with E-state index in [2.05, 4.69) is 32.9 Å². The third kappa shape index (κ3) is 41.3. The van der Waals surface area contributed by atoms with Crippen LogP contribution in [0.3, 0.4) is 0 Å². The van der Waals surface area contributed by atoms with Gasteiger partial charge in [-0.2, -0.15) is 0 Å². The van der Waals surface area contributed by atoms with Crippen molar-refractivity contribution < 1.29 is 28.6 Å². The second kappa shape index (κ2) is 43.9. The van der Waals surface area contributed by atoms with E-state index in [0.29, 0.717) is 19.3 Å². The average Bonchev–Trinajstić information content (AvgIpc) is 3.17. The predicted molar refractivity (Wildman–Crippen MR) is 229 cm³/mol. The van der Waals surface area contributed by atoms with Gasteiger partial charge in [-0.3, -0.25) is 14.4 Å². The van der Waals surface area contributed by atoms with E-state index in [1.165, 1.54) is 154 Å². The molecule has 0 spiro atoms. The molecule has 0 aromatic heterocycles. The largest absolute Gasteiger partial charge is 0.462 e. The third-order valence-corrected chi connectivity index (χ3v) is 10.5. The Labute approximate surface area is 335 Å². The van der Waals surface area contributed by atoms with Crippen molar-refractivity contribution in [2.45, 2.75) is 264 Å². The Morgan fingerprint density at radius 2 is 0.611 bits per heavy atom. The Balaban J connectivity index is 4.34. The Hall–Kier alpha value is -1.85. The number of carbonyl (C=O) groups is 3. The van der Waals surface area contributed by atoms with Gasteiger partial charge in [-0.1, -0.05) is 206 Å². The molecule has 0 aliphatic heterocycles. The summed E-state index contributed by atoms with van der Waals surface area (Å²) in [6.07, 6.45) is 46.1. The van der Waals surface area contributed by atoms with E-state index in [1.54, 1.807) is 0 Å². The average molecular weight is 763 g/mol. The molecule has 6 heteroatoms. The van der Waals surface area contributed by atoms with Crippen molar-refractivity contribution in [1.82, 2.24) is 0 Å². The van der Waals surface area contributed by atoms with Crippen molar-refractivity contribution in [3.63, 3.8) is 0 Å². The monoisotopic (exact) mass is 763 g/mol. The van der Waals surface area contributed by atoms with E-state index in [1.807, 2.05) is 0 Å². The summed E-state index contributed by atoms with van der Waals surface area (Å²) in [4.78, 5) is 37.7. The van der Waals surface area contributed by atoms with Gasteiger partial charge in [0.2, 0.25) is 0 Å². The Kier molecular flexibility index (Phi) is 42.4. The molecular weight excluding hydrogens is 673 g/mol. The van der Waals surface area contributed by atoms with Gasteiger partial charge < -0.3 is 14.2 Å². The number of allylic oxidation sites excluding steroid dienone is 2. The van der Waals surface area contributed by atoms with Crippen LogP contribution in [0.4, 0.5) is 0 Å². The van der Waals surface area contributed by atoms with Gasteiger partial charge in [0.15, 0.2) is 6.10 Å². The number of carbonyl (C=O) groups excluding carboxylic acids is 3. The zero-order valence-electron chi connectivity index (χ0n) is 36.3. The van der Waals surface area contributed by atoms with Crippen LogP contribution in [-0.4, -0.2) is 37.2 Å². The van der Waals surface area contributed by atoms with E-state index in [4.69, 9.17) is 14.2 Å². The molecule has 0 unspecified atom stereocenters. The topological polar surface area (TPSA) is 78.9 Å². The fraction of sp³-hybridized carbons (Fsp3) is 0.896. The van der Waals surface area contributed by atoms with Crippen LogP contribution in [0.5, 0.6) is 0 Å². The Morgan fingerprint density at radius 1 is 0.352 bits per heavy atom. The van der Waals surface area contributed by atoms with Crippen LogP contribution in [0.25, 0.3) is 0 Å². The van der Waals surface area contributed by atoms with Crippen molar-refractivity contribution in [1.29, 1.82) is 0 Å². The van der Waals surface area contributed by atoms with Crippen molar-refractivity contribution in [2.24, 2.45) is 0 Å². The number of hydrogen-bond acceptors (Lipinski definition) is 6. The number of rotatable bonds is 43. The molecule has 0 saturated heterocycles. The predicted octanol–water partition coefficient (Wildman–Crippen LogP) is 15.0. The highest BCUT2D eigenvalue weighted by atomic mass is 16.6. The third-order valence-electron chi connectivity index (χ3n) is 10.5. The van der Waals surface area contributed by atoms with Gasteiger partial charge in [-0.15, -0.1) is 0 Å². The molecule has 0 rings (SSSR count). The summed E-state index contributed by atoms with van der Waals surface area (Å²) >= 11 is 0. The number of esters is 3. The van der Waals surface area contributed by atoms with Crippen LogP contribution in [0, 0.1) is 0 Å². The van der Waals surface area contributed by atoms with Crippen LogP contribution in [0.15, 0.2) is 12.2 Å². The first-order valence-electron chi connectivity index (χ1n) is 23.7. The van der Waals surface area contributed by atoms with E-state index >= 15 is 0 Å². The maximum absolute atomic E-state index is 12.7. The quantitative estimate of drug-likeness (QED) is 0.0266. The number of ether oxygens (including phenoxy) is 3. The van der Waals surface area contributed by atoms with Gasteiger partial charge in [0.1, 0.15) is 13.2 Å². The minimum Gasteiger partial charge on any atom is -0.462 e. The first kappa shape index (κ1) is 52.2. The van der Waals surface area contributed by atoms with Crippen LogP contribution in [-0.2, 0) is 28.6 Å². The number of hydrogen-bond donors (Lipinski definition) is 0. The molecule has 0 heterocycles. The molecule has 0 saturated carbocycles. The molecule has 54 heavy (non-hydrogen) atoms. The van der Waals surface area contributed by atoms with E-state index in [0.717, 1.165) is 64.2 Å². The van der Waals surface area contributed by atoms with Crippen molar-refractivity contribution >= 4 is 17.9 Å². The maximum Gasteiger partial charge on any atom is 0.306 e. The first-order valence-corrected chi connectivity index (χ1v) is 23.7. The molecule has 0 fully saturated rings. The summed E-state index contributed by atoms with van der Waals surface area (Å²) in [5, 5.41) is 0. The summed E-state index contributed by atoms with van der Waals surface area (Å²) < 4.78 is 16.7. The zero-order valence-corrected chi connectivity index (χ0v) is 36.3. The summed E-state index contributed by atoms with van der Waals surface area (Å²) in [5.74, 6) is -0.868. The number of unbranched alkanes of at least 4 members (excludes halogenated alkanes) is 30. The normalized spacial score (nSPS) is 12.0. The highest BCUT2D eigenvalue weighted by Gasteiger charge is 2.19. The van der Waals surface area contributed by atoms with E-state index in [9.17, 15) is 14.4 Å². The lowest BCUT2D eigenvalue weighted by Crippen LogP contribution is -2.30. The highest BCUT2D eigenvalue weighted by Crippen LogP contribution is 2.15. The standard InChI is InChI=1S/C48H90O6/c1-4-7-10-13-16-19-22-24-27-29-32-35-38-41-47(50)53-44-45(43-52-46(49)40-37-34-31-28-25-21-18-15-12-9-6-3)54-48(51)42-39-36-33-30-26-23-20-17-14-11-8-5-2/h17,20,45H,4-16,18-19,21-44H2,1-3H3/b20-17-/t45-/m1/s1. The van der Waals surface area contributed by atoms with Gasteiger partial charge in [-0.25, -0.2) is 0 Å². The molecule has 0 aromatic rings. The minimum atomic E-state index is -0.765. The molecule has 1 atom stereocenters. The second-order valence-electron chi connectivity index (χ2n) is 16.0. The lowest BCUT2D eigenvalue weighted by molar-refractivity contribution is -0.167. The Bertz CT molecular complexity index is 839. The van der Waals surface area contributed by atoms with E-state index < -0.39 is 6.10 Å². The molecule has 0 amide bonds. The maximum atomic E-state index is 12.7. The lowest BCUT2D eigenvalue weighted by atomic mass is 10.0. The fourth-order valence-electron chi connectivity index (χ4n) is 6.91. The molecule has 0 aliphatic carbocycles. The molecule has 0 N–H and O–H groups in total. The van der Waals surface area contributed by atoms with Gasteiger partial charge in [-0.05, 0) is 44.9 Å². The molecule has 0 bridgehead atoms. The second-order valence-corrected chi connectivity index (χ2v) is 16.0. The Morgan fingerprint density at radius 3 is 0.963 bits per heavy atom. The minimum absolute atomic E-state index is 0.0687. The van der Waals surface area contributed by atoms with Crippen molar-refractivity contribution in [3.8, 4) is 0 Å². The molecule has 0 radical (unpaired) electrons. The SMILES string of the molecule is CCCCC/C=C\CCCCCCCC(=O)O[C@H](COC(=O)CCCCCCCCCCCCC)COC(=O)CCCCCCCCCCCCCCC. The van der Waals surface area contributed by atoms with Gasteiger partial charge >= 0.3 is 17.9 Å². The van der Waals surface area contributed by atoms with E-state index in [-0.39, 0.29) is 31.1 Å². The molecular formula is C48H90O6. The summed E-state index contributed by atoms with van der Waals surface area (Å²) in [6, 6.07) is 0. The van der Waals surface area contributed by atoms with Crippen LogP contribution in [0.1, 0.15) is 258 Å². The van der Waals surface area contributed by atoms with Crippen LogP contribution in [0.2, 0.25) is 0 Å². The van der Waals surface area contributed by atoms with Crippen molar-refractivity contribution in [2.75, 3.05) is 13.2 Å².